The molecule has 2 aliphatic rings. The van der Waals surface area contributed by atoms with Gasteiger partial charge in [-0.2, -0.15) is 0 Å². The Bertz CT molecular complexity index is 1400. The van der Waals surface area contributed by atoms with Gasteiger partial charge in [-0.3, -0.25) is 9.59 Å². The molecule has 2 saturated heterocycles. The van der Waals surface area contributed by atoms with E-state index in [0.29, 0.717) is 25.2 Å². The molecule has 0 saturated carbocycles. The number of amides is 3. The zero-order chi connectivity index (χ0) is 26.2. The maximum absolute atomic E-state index is 13.1. The Balaban J connectivity index is 1.15. The third-order valence-corrected chi connectivity index (χ3v) is 8.15. The van der Waals surface area contributed by atoms with E-state index < -0.39 is 0 Å². The zero-order valence-electron chi connectivity index (χ0n) is 21.9. The summed E-state index contributed by atoms with van der Waals surface area (Å²) in [5.41, 5.74) is 5.00. The third-order valence-electron chi connectivity index (χ3n) is 8.15. The minimum Gasteiger partial charge on any atom is -0.342 e. The number of para-hydroxylation sites is 2. The van der Waals surface area contributed by atoms with Crippen LogP contribution in [0.15, 0.2) is 47.3 Å². The van der Waals surface area contributed by atoms with Crippen LogP contribution in [0.5, 0.6) is 0 Å². The lowest BCUT2D eigenvalue weighted by Crippen LogP contribution is -2.46. The van der Waals surface area contributed by atoms with Crippen molar-refractivity contribution in [2.75, 3.05) is 31.5 Å². The summed E-state index contributed by atoms with van der Waals surface area (Å²) in [4.78, 5) is 47.0. The smallest absolute Gasteiger partial charge is 0.321 e. The van der Waals surface area contributed by atoms with Gasteiger partial charge in [0.1, 0.15) is 5.69 Å². The molecule has 2 fully saturated rings. The number of hydrogen-bond donors (Lipinski definition) is 1. The molecule has 0 radical (unpaired) electrons. The maximum atomic E-state index is 13.1. The number of anilines is 1. The van der Waals surface area contributed by atoms with Crippen LogP contribution in [0.2, 0.25) is 0 Å². The highest BCUT2D eigenvalue weighted by molar-refractivity contribution is 5.90. The van der Waals surface area contributed by atoms with E-state index >= 15 is 0 Å². The van der Waals surface area contributed by atoms with E-state index in [4.69, 9.17) is 0 Å². The van der Waals surface area contributed by atoms with E-state index in [1.165, 1.54) is 5.56 Å². The first kappa shape index (κ1) is 25.0. The lowest BCUT2D eigenvalue weighted by Gasteiger charge is -2.39. The molecule has 194 valence electrons. The van der Waals surface area contributed by atoms with Crippen molar-refractivity contribution in [2.24, 2.45) is 12.5 Å². The normalized spacial score (nSPS) is 16.9. The second kappa shape index (κ2) is 10.00. The molecule has 1 aromatic heterocycles. The van der Waals surface area contributed by atoms with E-state index in [1.54, 1.807) is 11.6 Å². The Hall–Kier alpha value is -3.68. The summed E-state index contributed by atoms with van der Waals surface area (Å²) in [5.74, 6) is 0.0731. The highest BCUT2D eigenvalue weighted by Crippen LogP contribution is 2.40. The Labute approximate surface area is 217 Å². The van der Waals surface area contributed by atoms with Crippen LogP contribution in [0.4, 0.5) is 10.5 Å². The number of nitrogens with one attached hydrogen (secondary N) is 1. The fraction of sp³-hybridized carbons (Fsp3) is 0.448. The number of rotatable bonds is 4. The van der Waals surface area contributed by atoms with Crippen LogP contribution in [0.1, 0.15) is 42.5 Å². The third kappa shape index (κ3) is 5.10. The van der Waals surface area contributed by atoms with Crippen LogP contribution in [0.3, 0.4) is 0 Å². The van der Waals surface area contributed by atoms with Crippen molar-refractivity contribution in [1.82, 2.24) is 19.4 Å². The van der Waals surface area contributed by atoms with Crippen molar-refractivity contribution < 1.29 is 9.59 Å². The van der Waals surface area contributed by atoms with Crippen molar-refractivity contribution in [3.8, 4) is 0 Å². The van der Waals surface area contributed by atoms with Crippen molar-refractivity contribution in [3.05, 3.63) is 69.6 Å². The molecule has 37 heavy (non-hydrogen) atoms. The summed E-state index contributed by atoms with van der Waals surface area (Å²) in [6.07, 6.45) is 3.36. The average Bonchev–Trinajstić information content (AvgIpc) is 3.30. The van der Waals surface area contributed by atoms with Crippen molar-refractivity contribution in [3.63, 3.8) is 0 Å². The molecular formula is C29H35N5O3. The largest absolute Gasteiger partial charge is 0.342 e. The van der Waals surface area contributed by atoms with Crippen LogP contribution >= 0.6 is 0 Å². The number of fused-ring (bicyclic) bond motifs is 1. The molecule has 8 nitrogen and oxygen atoms in total. The number of carbonyl (C=O) groups is 2. The summed E-state index contributed by atoms with van der Waals surface area (Å²) in [5, 5.41) is 3.05. The number of urea groups is 1. The van der Waals surface area contributed by atoms with E-state index in [0.717, 1.165) is 54.6 Å². The van der Waals surface area contributed by atoms with Crippen LogP contribution in [0, 0.1) is 19.3 Å². The highest BCUT2D eigenvalue weighted by atomic mass is 16.2. The number of piperidine rings is 1. The van der Waals surface area contributed by atoms with Gasteiger partial charge in [-0.15, -0.1) is 0 Å². The quantitative estimate of drug-likeness (QED) is 0.585. The topological polar surface area (TPSA) is 87.5 Å². The Morgan fingerprint density at radius 3 is 2.43 bits per heavy atom. The number of benzene rings is 2. The number of likely N-dealkylation sites (tertiary alicyclic amines) is 2. The molecule has 0 aliphatic carbocycles. The van der Waals surface area contributed by atoms with Gasteiger partial charge in [-0.05, 0) is 62.3 Å². The summed E-state index contributed by atoms with van der Waals surface area (Å²) >= 11 is 0. The molecule has 3 aromatic rings. The van der Waals surface area contributed by atoms with Gasteiger partial charge in [0.2, 0.25) is 5.91 Å². The van der Waals surface area contributed by atoms with Crippen LogP contribution in [-0.2, 0) is 18.3 Å². The molecule has 1 spiro atoms. The number of nitrogens with zero attached hydrogens (tertiary/aromatic N) is 4. The van der Waals surface area contributed by atoms with Gasteiger partial charge in [-0.1, -0.05) is 29.8 Å². The molecule has 2 aliphatic heterocycles. The monoisotopic (exact) mass is 501 g/mol. The number of carbonyl (C=O) groups excluding carboxylic acids is 2. The SMILES string of the molecule is Cc1ccc(NC(=O)N2CCC3(CCN(C(=O)CCc4nc5ccccc5n(C)c4=O)C3)CC2)c(C)c1. The summed E-state index contributed by atoms with van der Waals surface area (Å²) < 4.78 is 1.61. The molecule has 1 N–H and O–H groups in total. The number of hydrogen-bond acceptors (Lipinski definition) is 4. The summed E-state index contributed by atoms with van der Waals surface area (Å²) in [6.45, 7) is 6.88. The van der Waals surface area contributed by atoms with Gasteiger partial charge in [0.15, 0.2) is 0 Å². The van der Waals surface area contributed by atoms with Gasteiger partial charge >= 0.3 is 6.03 Å². The first-order valence-corrected chi connectivity index (χ1v) is 13.1. The molecule has 2 aromatic carbocycles. The Kier molecular flexibility index (Phi) is 6.75. The van der Waals surface area contributed by atoms with Crippen LogP contribution in [0.25, 0.3) is 11.0 Å². The molecule has 5 rings (SSSR count). The van der Waals surface area contributed by atoms with Gasteiger partial charge in [0.25, 0.3) is 5.56 Å². The molecule has 3 amide bonds. The number of aromatic nitrogens is 2. The zero-order valence-corrected chi connectivity index (χ0v) is 21.9. The fourth-order valence-electron chi connectivity index (χ4n) is 5.77. The fourth-order valence-corrected chi connectivity index (χ4v) is 5.77. The minimum atomic E-state index is -0.143. The van der Waals surface area contributed by atoms with E-state index in [9.17, 15) is 14.4 Å². The van der Waals surface area contributed by atoms with Crippen LogP contribution < -0.4 is 10.9 Å². The lowest BCUT2D eigenvalue weighted by atomic mass is 9.78. The molecule has 0 atom stereocenters. The number of aryl methyl sites for hydroxylation is 4. The minimum absolute atomic E-state index is 0.0582. The second-order valence-corrected chi connectivity index (χ2v) is 10.7. The maximum Gasteiger partial charge on any atom is 0.321 e. The Morgan fingerprint density at radius 1 is 1.00 bits per heavy atom. The van der Waals surface area contributed by atoms with Crippen molar-refractivity contribution >= 4 is 28.7 Å². The molecule has 8 heteroatoms. The Morgan fingerprint density at radius 2 is 1.70 bits per heavy atom. The van der Waals surface area contributed by atoms with Gasteiger partial charge in [0, 0.05) is 51.8 Å². The first-order chi connectivity index (χ1) is 17.7. The van der Waals surface area contributed by atoms with E-state index in [2.05, 4.69) is 16.4 Å². The van der Waals surface area contributed by atoms with E-state index in [-0.39, 0.29) is 29.3 Å². The van der Waals surface area contributed by atoms with Gasteiger partial charge < -0.3 is 19.7 Å². The first-order valence-electron chi connectivity index (χ1n) is 13.1. The molecular weight excluding hydrogens is 466 g/mol. The molecule has 3 heterocycles. The van der Waals surface area contributed by atoms with Gasteiger partial charge in [-0.25, -0.2) is 9.78 Å². The standard InChI is InChI=1S/C29H35N5O3/c1-20-8-9-22(21(2)18-20)31-28(37)33-15-12-29(13-16-33)14-17-34(19-29)26(35)11-10-24-27(36)32(3)25-7-5-4-6-23(25)30-24/h4-9,18H,10-17,19H2,1-3H3,(H,31,37). The predicted octanol–water partition coefficient (Wildman–Crippen LogP) is 4.03. The lowest BCUT2D eigenvalue weighted by molar-refractivity contribution is -0.130. The summed E-state index contributed by atoms with van der Waals surface area (Å²) in [7, 11) is 1.75. The van der Waals surface area contributed by atoms with Crippen molar-refractivity contribution in [1.29, 1.82) is 0 Å². The average molecular weight is 502 g/mol. The van der Waals surface area contributed by atoms with Crippen LogP contribution in [-0.4, -0.2) is 57.5 Å². The van der Waals surface area contributed by atoms with E-state index in [1.807, 2.05) is 60.0 Å². The summed E-state index contributed by atoms with van der Waals surface area (Å²) in [6, 6.07) is 13.5. The second-order valence-electron chi connectivity index (χ2n) is 10.7. The highest BCUT2D eigenvalue weighted by Gasteiger charge is 2.42. The molecule has 0 unspecified atom stereocenters. The van der Waals surface area contributed by atoms with Gasteiger partial charge in [0.05, 0.1) is 11.0 Å². The predicted molar refractivity (Wildman–Crippen MR) is 145 cm³/mol. The molecule has 0 bridgehead atoms. The van der Waals surface area contributed by atoms with Crippen molar-refractivity contribution in [2.45, 2.75) is 46.0 Å².